The lowest BCUT2D eigenvalue weighted by molar-refractivity contribution is -0.131. The topological polar surface area (TPSA) is 55.2 Å². The van der Waals surface area contributed by atoms with E-state index in [-0.39, 0.29) is 18.0 Å². The molecule has 0 aliphatic carbocycles. The van der Waals surface area contributed by atoms with Gasteiger partial charge in [0.15, 0.2) is 0 Å². The summed E-state index contributed by atoms with van der Waals surface area (Å²) in [6.07, 6.45) is 1.47. The molecule has 0 radical (unpaired) electrons. The molecule has 8 heteroatoms. The molecule has 0 atom stereocenters. The Morgan fingerprint density at radius 2 is 2.12 bits per heavy atom. The Labute approximate surface area is 161 Å². The molecular formula is C18H15N3O2S3. The fraction of sp³-hybridized carbons (Fsp3) is 0.167. The fourth-order valence-corrected chi connectivity index (χ4v) is 5.09. The molecule has 26 heavy (non-hydrogen) atoms. The quantitative estimate of drug-likeness (QED) is 0.510. The van der Waals surface area contributed by atoms with Crippen molar-refractivity contribution in [3.05, 3.63) is 62.0 Å². The predicted molar refractivity (Wildman–Crippen MR) is 108 cm³/mol. The van der Waals surface area contributed by atoms with Gasteiger partial charge in [-0.1, -0.05) is 6.07 Å². The normalized spacial score (nSPS) is 11.1. The van der Waals surface area contributed by atoms with Gasteiger partial charge in [-0.05, 0) is 33.8 Å². The van der Waals surface area contributed by atoms with E-state index in [4.69, 9.17) is 0 Å². The highest BCUT2D eigenvalue weighted by molar-refractivity contribution is 7.18. The minimum absolute atomic E-state index is 0.0118. The molecule has 4 rings (SSSR count). The SMILES string of the molecule is CN(Cc1ccsc1)C(=O)Cn1cnc2scc(-c3cccs3)c2c1=O. The Morgan fingerprint density at radius 1 is 1.23 bits per heavy atom. The van der Waals surface area contributed by atoms with Crippen molar-refractivity contribution in [2.24, 2.45) is 0 Å². The number of amides is 1. The van der Waals surface area contributed by atoms with Gasteiger partial charge in [0.1, 0.15) is 11.4 Å². The molecule has 0 unspecified atom stereocenters. The summed E-state index contributed by atoms with van der Waals surface area (Å²) in [6.45, 7) is 0.522. The van der Waals surface area contributed by atoms with Crippen molar-refractivity contribution < 1.29 is 4.79 Å². The molecule has 4 aromatic rings. The zero-order valence-corrected chi connectivity index (χ0v) is 16.4. The lowest BCUT2D eigenvalue weighted by Crippen LogP contribution is -2.33. The van der Waals surface area contributed by atoms with Gasteiger partial charge in [0, 0.05) is 29.4 Å². The van der Waals surface area contributed by atoms with Gasteiger partial charge in [0.2, 0.25) is 5.91 Å². The van der Waals surface area contributed by atoms with Crippen LogP contribution in [0.3, 0.4) is 0 Å². The van der Waals surface area contributed by atoms with Crippen molar-refractivity contribution in [3.63, 3.8) is 0 Å². The highest BCUT2D eigenvalue weighted by atomic mass is 32.1. The minimum Gasteiger partial charge on any atom is -0.340 e. The number of hydrogen-bond acceptors (Lipinski definition) is 6. The van der Waals surface area contributed by atoms with E-state index in [1.807, 2.05) is 39.7 Å². The van der Waals surface area contributed by atoms with Crippen molar-refractivity contribution in [3.8, 4) is 10.4 Å². The van der Waals surface area contributed by atoms with Gasteiger partial charge in [0.25, 0.3) is 5.56 Å². The molecule has 4 heterocycles. The van der Waals surface area contributed by atoms with Crippen molar-refractivity contribution in [2.45, 2.75) is 13.1 Å². The summed E-state index contributed by atoms with van der Waals surface area (Å²) < 4.78 is 1.40. The second kappa shape index (κ2) is 7.14. The van der Waals surface area contributed by atoms with Crippen LogP contribution in [0, 0.1) is 0 Å². The van der Waals surface area contributed by atoms with E-state index in [9.17, 15) is 9.59 Å². The molecule has 4 aromatic heterocycles. The average Bonchev–Trinajstić information content (AvgIpc) is 3.37. The van der Waals surface area contributed by atoms with E-state index >= 15 is 0 Å². The molecule has 132 valence electrons. The molecule has 1 amide bonds. The zero-order chi connectivity index (χ0) is 18.1. The van der Waals surface area contributed by atoms with Crippen LogP contribution in [0.5, 0.6) is 0 Å². The van der Waals surface area contributed by atoms with Gasteiger partial charge in [-0.2, -0.15) is 11.3 Å². The van der Waals surface area contributed by atoms with Crippen LogP contribution in [-0.4, -0.2) is 27.4 Å². The summed E-state index contributed by atoms with van der Waals surface area (Å²) >= 11 is 4.64. The van der Waals surface area contributed by atoms with E-state index in [2.05, 4.69) is 4.98 Å². The van der Waals surface area contributed by atoms with E-state index in [0.717, 1.165) is 16.0 Å². The monoisotopic (exact) mass is 401 g/mol. The van der Waals surface area contributed by atoms with Crippen LogP contribution in [0.25, 0.3) is 20.7 Å². The number of hydrogen-bond donors (Lipinski definition) is 0. The third-order valence-corrected chi connectivity index (χ3v) is 6.60. The van der Waals surface area contributed by atoms with Gasteiger partial charge in [-0.3, -0.25) is 14.2 Å². The maximum absolute atomic E-state index is 12.9. The largest absolute Gasteiger partial charge is 0.340 e. The molecule has 0 spiro atoms. The molecule has 5 nitrogen and oxygen atoms in total. The lowest BCUT2D eigenvalue weighted by Gasteiger charge is -2.17. The Morgan fingerprint density at radius 3 is 2.85 bits per heavy atom. The van der Waals surface area contributed by atoms with Crippen LogP contribution in [0.1, 0.15) is 5.56 Å². The predicted octanol–water partition coefficient (Wildman–Crippen LogP) is 3.91. The first-order chi connectivity index (χ1) is 12.6. The number of rotatable bonds is 5. The third-order valence-electron chi connectivity index (χ3n) is 4.08. The molecule has 0 aromatic carbocycles. The van der Waals surface area contributed by atoms with Crippen LogP contribution in [-0.2, 0) is 17.9 Å². The van der Waals surface area contributed by atoms with Crippen molar-refractivity contribution in [2.75, 3.05) is 7.05 Å². The number of thiophene rings is 3. The number of nitrogens with zero attached hydrogens (tertiary/aromatic N) is 3. The van der Waals surface area contributed by atoms with Gasteiger partial charge in [-0.25, -0.2) is 4.98 Å². The van der Waals surface area contributed by atoms with Gasteiger partial charge < -0.3 is 4.90 Å². The maximum atomic E-state index is 12.9. The molecule has 0 saturated carbocycles. The second-order valence-corrected chi connectivity index (χ2v) is 8.45. The Balaban J connectivity index is 1.63. The van der Waals surface area contributed by atoms with Crippen LogP contribution in [0.2, 0.25) is 0 Å². The minimum atomic E-state index is -0.170. The molecule has 0 bridgehead atoms. The summed E-state index contributed by atoms with van der Waals surface area (Å²) in [5, 5.41) is 8.53. The number of aromatic nitrogens is 2. The molecule has 0 N–H and O–H groups in total. The summed E-state index contributed by atoms with van der Waals surface area (Å²) in [7, 11) is 1.75. The van der Waals surface area contributed by atoms with Crippen molar-refractivity contribution in [1.29, 1.82) is 0 Å². The lowest BCUT2D eigenvalue weighted by atomic mass is 10.2. The maximum Gasteiger partial charge on any atom is 0.263 e. The Hall–Kier alpha value is -2.29. The van der Waals surface area contributed by atoms with E-state index in [0.29, 0.717) is 16.8 Å². The molecule has 0 aliphatic rings. The van der Waals surface area contributed by atoms with Gasteiger partial charge in [-0.15, -0.1) is 22.7 Å². The Kier molecular flexibility index (Phi) is 4.71. The molecule has 0 saturated heterocycles. The Bertz CT molecular complexity index is 1090. The fourth-order valence-electron chi connectivity index (χ4n) is 2.70. The third kappa shape index (κ3) is 3.23. The zero-order valence-electron chi connectivity index (χ0n) is 13.9. The first-order valence-electron chi connectivity index (χ1n) is 7.89. The standard InChI is InChI=1S/C18H15N3O2S3/c1-20(7-12-4-6-24-9-12)15(22)8-21-11-19-17-16(18(21)23)13(10-26-17)14-3-2-5-25-14/h2-6,9-11H,7-8H2,1H3. The second-order valence-electron chi connectivity index (χ2n) is 5.87. The van der Waals surface area contributed by atoms with Crippen LogP contribution < -0.4 is 5.56 Å². The highest BCUT2D eigenvalue weighted by Crippen LogP contribution is 2.33. The van der Waals surface area contributed by atoms with E-state index in [1.54, 1.807) is 34.6 Å². The highest BCUT2D eigenvalue weighted by Gasteiger charge is 2.16. The average molecular weight is 402 g/mol. The number of likely N-dealkylation sites (N-methyl/N-ethyl adjacent to an activating group) is 1. The van der Waals surface area contributed by atoms with E-state index < -0.39 is 0 Å². The van der Waals surface area contributed by atoms with Crippen LogP contribution in [0.4, 0.5) is 0 Å². The summed E-state index contributed by atoms with van der Waals surface area (Å²) in [4.78, 5) is 33.2. The number of carbonyl (C=O) groups is 1. The molecular weight excluding hydrogens is 386 g/mol. The van der Waals surface area contributed by atoms with Crippen molar-refractivity contribution >= 4 is 50.1 Å². The summed E-state index contributed by atoms with van der Waals surface area (Å²) in [6, 6.07) is 5.94. The van der Waals surface area contributed by atoms with E-state index in [1.165, 1.54) is 22.2 Å². The first kappa shape index (κ1) is 17.1. The first-order valence-corrected chi connectivity index (χ1v) is 10.6. The smallest absolute Gasteiger partial charge is 0.263 e. The molecule has 0 aliphatic heterocycles. The summed E-state index contributed by atoms with van der Waals surface area (Å²) in [5.41, 5.74) is 1.81. The summed E-state index contributed by atoms with van der Waals surface area (Å²) in [5.74, 6) is -0.118. The van der Waals surface area contributed by atoms with Crippen LogP contribution in [0.15, 0.2) is 50.8 Å². The van der Waals surface area contributed by atoms with Crippen LogP contribution >= 0.6 is 34.0 Å². The van der Waals surface area contributed by atoms with Gasteiger partial charge >= 0.3 is 0 Å². The van der Waals surface area contributed by atoms with Gasteiger partial charge in [0.05, 0.1) is 11.7 Å². The number of fused-ring (bicyclic) bond motifs is 1. The number of carbonyl (C=O) groups excluding carboxylic acids is 1. The molecule has 0 fully saturated rings. The van der Waals surface area contributed by atoms with Crippen molar-refractivity contribution in [1.82, 2.24) is 14.5 Å².